The molecule has 144 valence electrons. The van der Waals surface area contributed by atoms with Gasteiger partial charge in [0.15, 0.2) is 5.69 Å². The summed E-state index contributed by atoms with van der Waals surface area (Å²) in [6.07, 6.45) is 0. The van der Waals surface area contributed by atoms with Crippen LogP contribution in [0.15, 0.2) is 42.5 Å². The lowest BCUT2D eigenvalue weighted by molar-refractivity contribution is -0.117. The van der Waals surface area contributed by atoms with Crippen molar-refractivity contribution < 1.29 is 14.0 Å². The maximum atomic E-state index is 12.9. The summed E-state index contributed by atoms with van der Waals surface area (Å²) < 4.78 is 14.3. The summed E-state index contributed by atoms with van der Waals surface area (Å²) in [4.78, 5) is 24.7. The first-order valence-electron chi connectivity index (χ1n) is 8.68. The van der Waals surface area contributed by atoms with Crippen molar-refractivity contribution in [2.45, 2.75) is 27.3 Å². The molecule has 0 aliphatic rings. The predicted octanol–water partition coefficient (Wildman–Crippen LogP) is 3.23. The molecule has 0 spiro atoms. The first-order valence-corrected chi connectivity index (χ1v) is 8.68. The van der Waals surface area contributed by atoms with Gasteiger partial charge in [-0.1, -0.05) is 17.3 Å². The molecule has 2 aromatic carbocycles. The summed E-state index contributed by atoms with van der Waals surface area (Å²) in [5.74, 6) is -1.14. The van der Waals surface area contributed by atoms with Crippen LogP contribution in [0.1, 0.15) is 27.3 Å². The summed E-state index contributed by atoms with van der Waals surface area (Å²) in [5, 5.41) is 13.3. The number of aryl methyl sites for hydroxylation is 1. The number of amides is 2. The lowest BCUT2D eigenvalue weighted by Crippen LogP contribution is -2.21. The Hall–Kier alpha value is -3.55. The van der Waals surface area contributed by atoms with Crippen molar-refractivity contribution in [3.63, 3.8) is 0 Å². The molecule has 8 heteroatoms. The van der Waals surface area contributed by atoms with E-state index in [1.165, 1.54) is 28.9 Å². The van der Waals surface area contributed by atoms with Crippen molar-refractivity contribution in [2.75, 3.05) is 10.6 Å². The standard InChI is InChI=1S/C20H20FN5O2/c1-12-5-4-6-17(13(12)2)23-20(28)19-14(3)26(25-24-19)11-18(27)22-16-9-7-15(21)8-10-16/h4-10H,11H2,1-3H3,(H,22,27)(H,23,28). The van der Waals surface area contributed by atoms with Gasteiger partial charge in [0.1, 0.15) is 12.4 Å². The minimum absolute atomic E-state index is 0.118. The van der Waals surface area contributed by atoms with E-state index in [2.05, 4.69) is 20.9 Å². The molecule has 3 aromatic rings. The van der Waals surface area contributed by atoms with Gasteiger partial charge in [-0.3, -0.25) is 9.59 Å². The van der Waals surface area contributed by atoms with Crippen molar-refractivity contribution in [3.8, 4) is 0 Å². The van der Waals surface area contributed by atoms with Gasteiger partial charge in [0.2, 0.25) is 5.91 Å². The lowest BCUT2D eigenvalue weighted by Gasteiger charge is -2.09. The van der Waals surface area contributed by atoms with Gasteiger partial charge in [0.25, 0.3) is 5.91 Å². The average Bonchev–Trinajstić information content (AvgIpc) is 3.01. The lowest BCUT2D eigenvalue weighted by atomic mass is 10.1. The van der Waals surface area contributed by atoms with E-state index in [4.69, 9.17) is 0 Å². The van der Waals surface area contributed by atoms with Crippen LogP contribution in [0.3, 0.4) is 0 Å². The fraction of sp³-hybridized carbons (Fsp3) is 0.200. The Bertz CT molecular complexity index is 1030. The second kappa shape index (κ2) is 7.99. The third kappa shape index (κ3) is 4.22. The first kappa shape index (κ1) is 19.2. The SMILES string of the molecule is Cc1cccc(NC(=O)c2nnn(CC(=O)Nc3ccc(F)cc3)c2C)c1C. The quantitative estimate of drug-likeness (QED) is 0.710. The summed E-state index contributed by atoms with van der Waals surface area (Å²) >= 11 is 0. The fourth-order valence-electron chi connectivity index (χ4n) is 2.66. The van der Waals surface area contributed by atoms with E-state index >= 15 is 0 Å². The van der Waals surface area contributed by atoms with Crippen molar-refractivity contribution >= 4 is 23.2 Å². The highest BCUT2D eigenvalue weighted by molar-refractivity contribution is 6.04. The molecule has 0 radical (unpaired) electrons. The van der Waals surface area contributed by atoms with E-state index in [1.807, 2.05) is 32.0 Å². The molecule has 0 saturated heterocycles. The van der Waals surface area contributed by atoms with Gasteiger partial charge >= 0.3 is 0 Å². The van der Waals surface area contributed by atoms with Crippen LogP contribution in [-0.4, -0.2) is 26.8 Å². The molecule has 0 aliphatic heterocycles. The largest absolute Gasteiger partial charge is 0.324 e. The Kier molecular flexibility index (Phi) is 5.49. The van der Waals surface area contributed by atoms with Crippen LogP contribution in [0, 0.1) is 26.6 Å². The van der Waals surface area contributed by atoms with E-state index in [1.54, 1.807) is 6.92 Å². The average molecular weight is 381 g/mol. The number of nitrogens with zero attached hydrogens (tertiary/aromatic N) is 3. The van der Waals surface area contributed by atoms with Crippen molar-refractivity contribution in [1.29, 1.82) is 0 Å². The molecule has 1 aromatic heterocycles. The van der Waals surface area contributed by atoms with Crippen LogP contribution in [-0.2, 0) is 11.3 Å². The summed E-state index contributed by atoms with van der Waals surface area (Å²) in [7, 11) is 0. The van der Waals surface area contributed by atoms with Crippen LogP contribution in [0.5, 0.6) is 0 Å². The fourth-order valence-corrected chi connectivity index (χ4v) is 2.66. The van der Waals surface area contributed by atoms with Crippen LogP contribution >= 0.6 is 0 Å². The predicted molar refractivity (Wildman–Crippen MR) is 104 cm³/mol. The molecular weight excluding hydrogens is 361 g/mol. The van der Waals surface area contributed by atoms with Crippen LogP contribution in [0.2, 0.25) is 0 Å². The normalized spacial score (nSPS) is 10.6. The van der Waals surface area contributed by atoms with E-state index in [9.17, 15) is 14.0 Å². The van der Waals surface area contributed by atoms with E-state index in [-0.39, 0.29) is 24.0 Å². The van der Waals surface area contributed by atoms with E-state index < -0.39 is 5.91 Å². The van der Waals surface area contributed by atoms with Crippen LogP contribution in [0.4, 0.5) is 15.8 Å². The zero-order chi connectivity index (χ0) is 20.3. The molecule has 0 bridgehead atoms. The molecule has 0 aliphatic carbocycles. The number of carbonyl (C=O) groups excluding carboxylic acids is 2. The smallest absolute Gasteiger partial charge is 0.278 e. The Morgan fingerprint density at radius 1 is 1.04 bits per heavy atom. The second-order valence-corrected chi connectivity index (χ2v) is 6.44. The molecule has 1 heterocycles. The number of carbonyl (C=O) groups is 2. The third-order valence-corrected chi connectivity index (χ3v) is 4.47. The molecule has 2 amide bonds. The molecule has 0 saturated carbocycles. The molecule has 3 rings (SSSR count). The number of hydrogen-bond donors (Lipinski definition) is 2. The molecule has 7 nitrogen and oxygen atoms in total. The minimum Gasteiger partial charge on any atom is -0.324 e. The molecule has 0 unspecified atom stereocenters. The van der Waals surface area contributed by atoms with Gasteiger partial charge in [0.05, 0.1) is 5.69 Å². The Morgan fingerprint density at radius 3 is 2.46 bits per heavy atom. The highest BCUT2D eigenvalue weighted by Crippen LogP contribution is 2.19. The van der Waals surface area contributed by atoms with Gasteiger partial charge in [-0.15, -0.1) is 5.10 Å². The minimum atomic E-state index is -0.392. The second-order valence-electron chi connectivity index (χ2n) is 6.44. The first-order chi connectivity index (χ1) is 13.3. The van der Waals surface area contributed by atoms with Gasteiger partial charge in [-0.2, -0.15) is 0 Å². The zero-order valence-corrected chi connectivity index (χ0v) is 15.8. The Morgan fingerprint density at radius 2 is 1.75 bits per heavy atom. The number of nitrogens with one attached hydrogen (secondary N) is 2. The Labute approximate surface area is 161 Å². The number of anilines is 2. The Balaban J connectivity index is 1.69. The van der Waals surface area contributed by atoms with Crippen molar-refractivity contribution in [1.82, 2.24) is 15.0 Å². The third-order valence-electron chi connectivity index (χ3n) is 4.47. The number of halogens is 1. The van der Waals surface area contributed by atoms with Crippen molar-refractivity contribution in [2.24, 2.45) is 0 Å². The zero-order valence-electron chi connectivity index (χ0n) is 15.8. The number of hydrogen-bond acceptors (Lipinski definition) is 4. The van der Waals surface area contributed by atoms with Crippen molar-refractivity contribution in [3.05, 3.63) is 70.8 Å². The van der Waals surface area contributed by atoms with Crippen LogP contribution in [0.25, 0.3) is 0 Å². The van der Waals surface area contributed by atoms with Gasteiger partial charge in [0, 0.05) is 11.4 Å². The van der Waals surface area contributed by atoms with Gasteiger partial charge < -0.3 is 10.6 Å². The number of benzene rings is 2. The number of rotatable bonds is 5. The highest BCUT2D eigenvalue weighted by atomic mass is 19.1. The summed E-state index contributed by atoms with van der Waals surface area (Å²) in [6, 6.07) is 11.1. The van der Waals surface area contributed by atoms with Gasteiger partial charge in [-0.05, 0) is 62.2 Å². The van der Waals surface area contributed by atoms with E-state index in [0.29, 0.717) is 17.1 Å². The number of aromatic nitrogens is 3. The summed E-state index contributed by atoms with van der Waals surface area (Å²) in [5.41, 5.74) is 3.83. The maximum Gasteiger partial charge on any atom is 0.278 e. The molecule has 0 atom stereocenters. The summed E-state index contributed by atoms with van der Waals surface area (Å²) in [6.45, 7) is 5.44. The van der Waals surface area contributed by atoms with E-state index in [0.717, 1.165) is 11.1 Å². The van der Waals surface area contributed by atoms with Crippen LogP contribution < -0.4 is 10.6 Å². The highest BCUT2D eigenvalue weighted by Gasteiger charge is 2.19. The maximum absolute atomic E-state index is 12.9. The molecular formula is C20H20FN5O2. The molecule has 28 heavy (non-hydrogen) atoms. The van der Waals surface area contributed by atoms with Gasteiger partial charge in [-0.25, -0.2) is 9.07 Å². The molecule has 0 fully saturated rings. The molecule has 2 N–H and O–H groups in total. The monoisotopic (exact) mass is 381 g/mol. The topological polar surface area (TPSA) is 88.9 Å².